The van der Waals surface area contributed by atoms with Gasteiger partial charge in [-0.2, -0.15) is 0 Å². The summed E-state index contributed by atoms with van der Waals surface area (Å²) >= 11 is 0. The van der Waals surface area contributed by atoms with E-state index in [9.17, 15) is 9.59 Å². The Labute approximate surface area is 156 Å². The monoisotopic (exact) mass is 358 g/mol. The molecule has 0 unspecified atom stereocenters. The van der Waals surface area contributed by atoms with Crippen LogP contribution in [0.2, 0.25) is 0 Å². The fourth-order valence-electron chi connectivity index (χ4n) is 2.88. The van der Waals surface area contributed by atoms with Gasteiger partial charge in [0.2, 0.25) is 11.8 Å². The second kappa shape index (κ2) is 9.41. The van der Waals surface area contributed by atoms with Crippen LogP contribution in [0.25, 0.3) is 0 Å². The lowest BCUT2D eigenvalue weighted by atomic mass is 9.90. The third-order valence-corrected chi connectivity index (χ3v) is 4.68. The van der Waals surface area contributed by atoms with Crippen LogP contribution in [0.5, 0.6) is 5.75 Å². The molecule has 0 bridgehead atoms. The average Bonchev–Trinajstić information content (AvgIpc) is 2.64. The minimum absolute atomic E-state index is 0.252. The Morgan fingerprint density at radius 1 is 1.12 bits per heavy atom. The van der Waals surface area contributed by atoms with Gasteiger partial charge in [-0.1, -0.05) is 11.6 Å². The molecule has 0 aromatic heterocycles. The molecule has 0 saturated carbocycles. The van der Waals surface area contributed by atoms with E-state index in [2.05, 4.69) is 16.7 Å². The summed E-state index contributed by atoms with van der Waals surface area (Å²) in [4.78, 5) is 25.0. The molecule has 1 aliphatic rings. The predicted octanol–water partition coefficient (Wildman–Crippen LogP) is 4.06. The molecular formula is C21H30N2O3. The average molecular weight is 358 g/mol. The number of hydrogen-bond acceptors (Lipinski definition) is 3. The maximum absolute atomic E-state index is 12.5. The van der Waals surface area contributed by atoms with Gasteiger partial charge in [0.05, 0.1) is 6.61 Å². The van der Waals surface area contributed by atoms with Crippen molar-refractivity contribution in [2.24, 2.45) is 5.41 Å². The molecule has 0 fully saturated rings. The number of hydrogen-bond donors (Lipinski definition) is 2. The van der Waals surface area contributed by atoms with Crippen molar-refractivity contribution in [1.29, 1.82) is 0 Å². The van der Waals surface area contributed by atoms with Gasteiger partial charge in [0.1, 0.15) is 11.2 Å². The van der Waals surface area contributed by atoms with Crippen molar-refractivity contribution in [2.75, 3.05) is 18.5 Å². The van der Waals surface area contributed by atoms with Crippen LogP contribution in [0, 0.1) is 5.41 Å². The number of benzene rings is 1. The maximum Gasteiger partial charge on any atom is 0.239 e. The van der Waals surface area contributed by atoms with Crippen LogP contribution < -0.4 is 15.4 Å². The molecule has 0 atom stereocenters. The zero-order chi connectivity index (χ0) is 19.0. The van der Waals surface area contributed by atoms with Crippen molar-refractivity contribution in [3.05, 3.63) is 35.9 Å². The third kappa shape index (κ3) is 5.61. The van der Waals surface area contributed by atoms with Gasteiger partial charge < -0.3 is 15.4 Å². The molecule has 0 radical (unpaired) electrons. The number of allylic oxidation sites excluding steroid dienone is 1. The molecule has 1 aromatic carbocycles. The summed E-state index contributed by atoms with van der Waals surface area (Å²) < 4.78 is 5.38. The summed E-state index contributed by atoms with van der Waals surface area (Å²) in [5.41, 5.74) is 0.916. The van der Waals surface area contributed by atoms with Crippen LogP contribution in [0.1, 0.15) is 52.9 Å². The lowest BCUT2D eigenvalue weighted by molar-refractivity contribution is -0.138. The fourth-order valence-corrected chi connectivity index (χ4v) is 2.88. The Hall–Kier alpha value is -2.30. The van der Waals surface area contributed by atoms with Gasteiger partial charge in [-0.05, 0) is 77.1 Å². The van der Waals surface area contributed by atoms with E-state index in [1.165, 1.54) is 18.4 Å². The van der Waals surface area contributed by atoms with Crippen molar-refractivity contribution >= 4 is 17.5 Å². The zero-order valence-corrected chi connectivity index (χ0v) is 16.1. The highest BCUT2D eigenvalue weighted by Gasteiger charge is 2.35. The van der Waals surface area contributed by atoms with E-state index in [0.717, 1.165) is 25.0 Å². The third-order valence-electron chi connectivity index (χ3n) is 4.68. The molecule has 0 aliphatic heterocycles. The first-order chi connectivity index (χ1) is 12.4. The van der Waals surface area contributed by atoms with Gasteiger partial charge in [-0.15, -0.1) is 0 Å². The van der Waals surface area contributed by atoms with Gasteiger partial charge in [0.15, 0.2) is 0 Å². The highest BCUT2D eigenvalue weighted by Crippen LogP contribution is 2.22. The van der Waals surface area contributed by atoms with E-state index in [-0.39, 0.29) is 11.8 Å². The Bertz CT molecular complexity index is 648. The van der Waals surface area contributed by atoms with Gasteiger partial charge in [-0.3, -0.25) is 9.59 Å². The maximum atomic E-state index is 12.5. The van der Waals surface area contributed by atoms with Gasteiger partial charge >= 0.3 is 0 Å². The molecule has 5 heteroatoms. The molecule has 0 spiro atoms. The molecule has 5 nitrogen and oxygen atoms in total. The smallest absolute Gasteiger partial charge is 0.239 e. The largest absolute Gasteiger partial charge is 0.494 e. The molecule has 0 heterocycles. The van der Waals surface area contributed by atoms with Crippen LogP contribution in [0.4, 0.5) is 5.69 Å². The summed E-state index contributed by atoms with van der Waals surface area (Å²) in [5.74, 6) is 0.174. The molecule has 26 heavy (non-hydrogen) atoms. The van der Waals surface area contributed by atoms with Crippen molar-refractivity contribution in [3.63, 3.8) is 0 Å². The lowest BCUT2D eigenvalue weighted by Gasteiger charge is -2.23. The standard InChI is InChI=1S/C21H30N2O3/c1-4-26-18-12-10-17(11-13-18)23-20(25)21(2,3)19(24)22-15-14-16-8-6-5-7-9-16/h8,10-13H,4-7,9,14-15H2,1-3H3,(H,22,24)(H,23,25). The zero-order valence-electron chi connectivity index (χ0n) is 16.1. The Morgan fingerprint density at radius 2 is 1.85 bits per heavy atom. The fraction of sp³-hybridized carbons (Fsp3) is 0.524. The van der Waals surface area contributed by atoms with E-state index >= 15 is 0 Å². The van der Waals surface area contributed by atoms with Gasteiger partial charge in [0.25, 0.3) is 0 Å². The molecule has 0 saturated heterocycles. The van der Waals surface area contributed by atoms with Crippen molar-refractivity contribution < 1.29 is 14.3 Å². The second-order valence-electron chi connectivity index (χ2n) is 7.15. The molecular weight excluding hydrogens is 328 g/mol. The summed E-state index contributed by atoms with van der Waals surface area (Å²) in [6.07, 6.45) is 7.89. The molecule has 2 rings (SSSR count). The number of rotatable bonds is 8. The number of carbonyl (C=O) groups is 2. The first-order valence-corrected chi connectivity index (χ1v) is 9.44. The van der Waals surface area contributed by atoms with Crippen LogP contribution in [0.15, 0.2) is 35.9 Å². The molecule has 142 valence electrons. The number of ether oxygens (including phenoxy) is 1. The van der Waals surface area contributed by atoms with E-state index in [1.54, 1.807) is 38.1 Å². The SMILES string of the molecule is CCOc1ccc(NC(=O)C(C)(C)C(=O)NCCC2=CCCCC2)cc1. The summed E-state index contributed by atoms with van der Waals surface area (Å²) in [5, 5.41) is 5.71. The van der Waals surface area contributed by atoms with Crippen LogP contribution in [-0.4, -0.2) is 25.0 Å². The topological polar surface area (TPSA) is 67.4 Å². The van der Waals surface area contributed by atoms with E-state index in [4.69, 9.17) is 4.74 Å². The first-order valence-electron chi connectivity index (χ1n) is 9.44. The molecule has 2 N–H and O–H groups in total. The van der Waals surface area contributed by atoms with Gasteiger partial charge in [-0.25, -0.2) is 0 Å². The van der Waals surface area contributed by atoms with Crippen molar-refractivity contribution in [2.45, 2.75) is 52.9 Å². The van der Waals surface area contributed by atoms with E-state index in [1.807, 2.05) is 6.92 Å². The molecule has 1 aliphatic carbocycles. The minimum atomic E-state index is -1.14. The summed E-state index contributed by atoms with van der Waals surface area (Å²) in [6.45, 7) is 6.38. The highest BCUT2D eigenvalue weighted by molar-refractivity contribution is 6.09. The number of nitrogens with one attached hydrogen (secondary N) is 2. The highest BCUT2D eigenvalue weighted by atomic mass is 16.5. The van der Waals surface area contributed by atoms with Crippen LogP contribution >= 0.6 is 0 Å². The predicted molar refractivity (Wildman–Crippen MR) is 104 cm³/mol. The normalized spacial score (nSPS) is 14.3. The van der Waals surface area contributed by atoms with Crippen LogP contribution in [0.3, 0.4) is 0 Å². The Kier molecular flexibility index (Phi) is 7.25. The number of anilines is 1. The van der Waals surface area contributed by atoms with E-state index in [0.29, 0.717) is 18.8 Å². The Balaban J connectivity index is 1.84. The van der Waals surface area contributed by atoms with Crippen molar-refractivity contribution in [3.8, 4) is 5.75 Å². The summed E-state index contributed by atoms with van der Waals surface area (Å²) in [7, 11) is 0. The van der Waals surface area contributed by atoms with E-state index < -0.39 is 5.41 Å². The molecule has 2 amide bonds. The number of amides is 2. The van der Waals surface area contributed by atoms with Crippen molar-refractivity contribution in [1.82, 2.24) is 5.32 Å². The van der Waals surface area contributed by atoms with Crippen LogP contribution in [-0.2, 0) is 9.59 Å². The lowest BCUT2D eigenvalue weighted by Crippen LogP contribution is -2.45. The first kappa shape index (κ1) is 20.0. The Morgan fingerprint density at radius 3 is 2.46 bits per heavy atom. The minimum Gasteiger partial charge on any atom is -0.494 e. The van der Waals surface area contributed by atoms with Gasteiger partial charge in [0, 0.05) is 12.2 Å². The molecule has 1 aromatic rings. The number of carbonyl (C=O) groups excluding carboxylic acids is 2. The summed E-state index contributed by atoms with van der Waals surface area (Å²) in [6, 6.07) is 7.13. The quantitative estimate of drug-likeness (QED) is 0.544. The second-order valence-corrected chi connectivity index (χ2v) is 7.15.